The van der Waals surface area contributed by atoms with Crippen LogP contribution in [-0.4, -0.2) is 11.6 Å². The molecule has 13 heavy (non-hydrogen) atoms. The Morgan fingerprint density at radius 2 is 2.31 bits per heavy atom. The van der Waals surface area contributed by atoms with Crippen molar-refractivity contribution >= 4 is 0 Å². The fourth-order valence-corrected chi connectivity index (χ4v) is 1.14. The van der Waals surface area contributed by atoms with Gasteiger partial charge in [-0.15, -0.1) is 0 Å². The highest BCUT2D eigenvalue weighted by Crippen LogP contribution is 2.17. The van der Waals surface area contributed by atoms with Crippen molar-refractivity contribution < 1.29 is 4.74 Å². The fourth-order valence-electron chi connectivity index (χ4n) is 1.14. The third-order valence-electron chi connectivity index (χ3n) is 1.90. The van der Waals surface area contributed by atoms with Crippen LogP contribution in [0.4, 0.5) is 0 Å². The highest BCUT2D eigenvalue weighted by molar-refractivity contribution is 5.33. The lowest BCUT2D eigenvalue weighted by Gasteiger charge is -2.09. The van der Waals surface area contributed by atoms with E-state index in [0.29, 0.717) is 19.0 Å². The monoisotopic (exact) mass is 180 g/mol. The van der Waals surface area contributed by atoms with Crippen molar-refractivity contribution in [2.24, 2.45) is 5.73 Å². The molecular weight excluding hydrogens is 164 g/mol. The lowest BCUT2D eigenvalue weighted by Crippen LogP contribution is -2.06. The third kappa shape index (κ3) is 2.42. The summed E-state index contributed by atoms with van der Waals surface area (Å²) < 4.78 is 5.47. The van der Waals surface area contributed by atoms with Gasteiger partial charge in [0.2, 0.25) is 5.88 Å². The van der Waals surface area contributed by atoms with Gasteiger partial charge in [-0.25, -0.2) is 4.98 Å². The molecule has 0 spiro atoms. The Labute approximate surface area is 78.9 Å². The van der Waals surface area contributed by atoms with Crippen LogP contribution < -0.4 is 10.5 Å². The molecule has 1 aromatic rings. The van der Waals surface area contributed by atoms with Crippen LogP contribution in [0.3, 0.4) is 0 Å². The van der Waals surface area contributed by atoms with Crippen molar-refractivity contribution in [3.05, 3.63) is 23.4 Å². The average Bonchev–Trinajstić information content (AvgIpc) is 2.15. The van der Waals surface area contributed by atoms with E-state index >= 15 is 0 Å². The first-order chi connectivity index (χ1) is 6.29. The van der Waals surface area contributed by atoms with Crippen LogP contribution in [0.2, 0.25) is 0 Å². The van der Waals surface area contributed by atoms with Crippen LogP contribution in [0.25, 0.3) is 0 Å². The lowest BCUT2D eigenvalue weighted by atomic mass is 10.1. The maximum Gasteiger partial charge on any atom is 0.218 e. The largest absolute Gasteiger partial charge is 0.477 e. The second-order valence-corrected chi connectivity index (χ2v) is 2.96. The van der Waals surface area contributed by atoms with Gasteiger partial charge in [-0.1, -0.05) is 6.92 Å². The summed E-state index contributed by atoms with van der Waals surface area (Å²) in [5.74, 6) is 0.685. The maximum atomic E-state index is 5.60. The molecule has 0 atom stereocenters. The molecule has 3 heteroatoms. The first-order valence-electron chi connectivity index (χ1n) is 4.57. The summed E-state index contributed by atoms with van der Waals surface area (Å²) in [7, 11) is 0. The van der Waals surface area contributed by atoms with Crippen LogP contribution in [0.1, 0.15) is 24.5 Å². The zero-order chi connectivity index (χ0) is 9.68. The van der Waals surface area contributed by atoms with Crippen LogP contribution in [-0.2, 0) is 6.54 Å². The van der Waals surface area contributed by atoms with Gasteiger partial charge in [0.05, 0.1) is 6.61 Å². The first-order valence-corrected chi connectivity index (χ1v) is 4.57. The van der Waals surface area contributed by atoms with Gasteiger partial charge in [-0.2, -0.15) is 0 Å². The van der Waals surface area contributed by atoms with E-state index in [-0.39, 0.29) is 0 Å². The number of pyridine rings is 1. The Morgan fingerprint density at radius 3 is 2.92 bits per heavy atom. The van der Waals surface area contributed by atoms with Gasteiger partial charge in [0.15, 0.2) is 0 Å². The number of ether oxygens (including phenoxy) is 1. The van der Waals surface area contributed by atoms with E-state index in [1.165, 1.54) is 0 Å². The Bertz CT molecular complexity index is 274. The van der Waals surface area contributed by atoms with Gasteiger partial charge in [-0.3, -0.25) is 0 Å². The molecule has 0 saturated carbocycles. The standard InChI is InChI=1S/C10H16N2O/c1-3-6-13-10-9(7-11)8(2)4-5-12-10/h4-5H,3,6-7,11H2,1-2H3. The number of rotatable bonds is 4. The van der Waals surface area contributed by atoms with Gasteiger partial charge < -0.3 is 10.5 Å². The Hall–Kier alpha value is -1.09. The molecule has 3 nitrogen and oxygen atoms in total. The topological polar surface area (TPSA) is 48.1 Å². The molecular formula is C10H16N2O. The minimum Gasteiger partial charge on any atom is -0.477 e. The van der Waals surface area contributed by atoms with Crippen molar-refractivity contribution in [3.63, 3.8) is 0 Å². The van der Waals surface area contributed by atoms with E-state index in [1.807, 2.05) is 13.0 Å². The van der Waals surface area contributed by atoms with Gasteiger partial charge >= 0.3 is 0 Å². The molecule has 0 fully saturated rings. The van der Waals surface area contributed by atoms with Crippen molar-refractivity contribution in [3.8, 4) is 5.88 Å². The fraction of sp³-hybridized carbons (Fsp3) is 0.500. The van der Waals surface area contributed by atoms with Gasteiger partial charge in [0, 0.05) is 18.3 Å². The predicted molar refractivity (Wildman–Crippen MR) is 52.7 cm³/mol. The number of aromatic nitrogens is 1. The van der Waals surface area contributed by atoms with Gasteiger partial charge in [0.25, 0.3) is 0 Å². The molecule has 0 aromatic carbocycles. The molecule has 0 bridgehead atoms. The number of nitrogens with zero attached hydrogens (tertiary/aromatic N) is 1. The molecule has 0 radical (unpaired) electrons. The molecule has 0 aliphatic rings. The number of aryl methyl sites for hydroxylation is 1. The quantitative estimate of drug-likeness (QED) is 0.766. The molecule has 0 saturated heterocycles. The second-order valence-electron chi connectivity index (χ2n) is 2.96. The van der Waals surface area contributed by atoms with E-state index < -0.39 is 0 Å². The summed E-state index contributed by atoms with van der Waals surface area (Å²) in [5, 5.41) is 0. The SMILES string of the molecule is CCCOc1nccc(C)c1CN. The minimum atomic E-state index is 0.485. The molecule has 0 aliphatic carbocycles. The van der Waals surface area contributed by atoms with E-state index in [4.69, 9.17) is 10.5 Å². The van der Waals surface area contributed by atoms with E-state index in [9.17, 15) is 0 Å². The Morgan fingerprint density at radius 1 is 1.54 bits per heavy atom. The summed E-state index contributed by atoms with van der Waals surface area (Å²) in [4.78, 5) is 4.15. The number of hydrogen-bond donors (Lipinski definition) is 1. The molecule has 1 rings (SSSR count). The predicted octanol–water partition coefficient (Wildman–Crippen LogP) is 1.64. The van der Waals surface area contributed by atoms with Crippen molar-refractivity contribution in [1.82, 2.24) is 4.98 Å². The van der Waals surface area contributed by atoms with Crippen LogP contribution in [0.5, 0.6) is 5.88 Å². The van der Waals surface area contributed by atoms with Crippen LogP contribution in [0.15, 0.2) is 12.3 Å². The summed E-state index contributed by atoms with van der Waals surface area (Å²) >= 11 is 0. The smallest absolute Gasteiger partial charge is 0.218 e. The van der Waals surface area contributed by atoms with Crippen molar-refractivity contribution in [2.45, 2.75) is 26.8 Å². The van der Waals surface area contributed by atoms with E-state index in [2.05, 4.69) is 11.9 Å². The summed E-state index contributed by atoms with van der Waals surface area (Å²) in [6.45, 7) is 5.27. The average molecular weight is 180 g/mol. The second kappa shape index (κ2) is 4.82. The third-order valence-corrected chi connectivity index (χ3v) is 1.90. The normalized spacial score (nSPS) is 10.1. The lowest BCUT2D eigenvalue weighted by molar-refractivity contribution is 0.301. The molecule has 0 aliphatic heterocycles. The molecule has 1 heterocycles. The summed E-state index contributed by atoms with van der Waals surface area (Å²) in [6, 6.07) is 1.95. The Balaban J connectivity index is 2.85. The maximum absolute atomic E-state index is 5.60. The van der Waals surface area contributed by atoms with Crippen molar-refractivity contribution in [1.29, 1.82) is 0 Å². The summed E-state index contributed by atoms with van der Waals surface area (Å²) in [6.07, 6.45) is 2.74. The minimum absolute atomic E-state index is 0.485. The van der Waals surface area contributed by atoms with E-state index in [1.54, 1.807) is 6.20 Å². The summed E-state index contributed by atoms with van der Waals surface area (Å²) in [5.41, 5.74) is 7.76. The highest BCUT2D eigenvalue weighted by Gasteiger charge is 2.05. The van der Waals surface area contributed by atoms with Gasteiger partial charge in [-0.05, 0) is 25.0 Å². The zero-order valence-corrected chi connectivity index (χ0v) is 8.21. The molecule has 0 unspecified atom stereocenters. The molecule has 2 N–H and O–H groups in total. The van der Waals surface area contributed by atoms with Crippen molar-refractivity contribution in [2.75, 3.05) is 6.61 Å². The Kier molecular flexibility index (Phi) is 3.71. The van der Waals surface area contributed by atoms with Gasteiger partial charge in [0.1, 0.15) is 0 Å². The molecule has 0 amide bonds. The van der Waals surface area contributed by atoms with E-state index in [0.717, 1.165) is 17.5 Å². The first kappa shape index (κ1) is 9.99. The number of hydrogen-bond acceptors (Lipinski definition) is 3. The van der Waals surface area contributed by atoms with Crippen LogP contribution >= 0.6 is 0 Å². The molecule has 1 aromatic heterocycles. The molecule has 72 valence electrons. The highest BCUT2D eigenvalue weighted by atomic mass is 16.5. The number of nitrogens with two attached hydrogens (primary N) is 1. The zero-order valence-electron chi connectivity index (χ0n) is 8.21. The van der Waals surface area contributed by atoms with Crippen LogP contribution in [0, 0.1) is 6.92 Å².